The lowest BCUT2D eigenvalue weighted by Gasteiger charge is -2.34. The van der Waals surface area contributed by atoms with Crippen molar-refractivity contribution in [2.45, 2.75) is 33.1 Å². The molecular weight excluding hydrogens is 441 g/mol. The number of nitrogens with one attached hydrogen (secondary N) is 1. The molecule has 2 amide bonds. The third-order valence-electron chi connectivity index (χ3n) is 6.28. The molecule has 1 aliphatic rings. The number of thiazole rings is 1. The van der Waals surface area contributed by atoms with Crippen LogP contribution in [-0.2, 0) is 11.2 Å². The van der Waals surface area contributed by atoms with Gasteiger partial charge in [0.15, 0.2) is 0 Å². The Labute approximate surface area is 196 Å². The molecule has 2 aromatic heterocycles. The van der Waals surface area contributed by atoms with Crippen molar-refractivity contribution in [1.82, 2.24) is 15.2 Å². The fourth-order valence-electron chi connectivity index (χ4n) is 4.20. The first-order chi connectivity index (χ1) is 15.9. The van der Waals surface area contributed by atoms with Gasteiger partial charge in [0.1, 0.15) is 21.5 Å². The molecule has 1 atom stereocenters. The topological polar surface area (TPSA) is 75.4 Å². The van der Waals surface area contributed by atoms with Gasteiger partial charge in [0, 0.05) is 37.5 Å². The van der Waals surface area contributed by atoms with Crippen LogP contribution in [0.4, 0.5) is 4.39 Å². The summed E-state index contributed by atoms with van der Waals surface area (Å²) >= 11 is 1.34. The number of hydrogen-bond donors (Lipinski definition) is 1. The number of piperidine rings is 1. The quantitative estimate of drug-likeness (QED) is 0.544. The molecule has 0 bridgehead atoms. The van der Waals surface area contributed by atoms with Crippen molar-refractivity contribution in [3.05, 3.63) is 64.8 Å². The number of benzene rings is 1. The molecule has 0 aliphatic carbocycles. The highest BCUT2D eigenvalue weighted by Crippen LogP contribution is 2.31. The van der Waals surface area contributed by atoms with Crippen LogP contribution >= 0.6 is 11.3 Å². The number of hydrogen-bond acceptors (Lipinski definition) is 5. The van der Waals surface area contributed by atoms with Gasteiger partial charge in [-0.1, -0.05) is 6.92 Å². The predicted molar refractivity (Wildman–Crippen MR) is 125 cm³/mol. The molecule has 1 N–H and O–H groups in total. The molecule has 1 aliphatic heterocycles. The molecule has 1 fully saturated rings. The van der Waals surface area contributed by atoms with Crippen molar-refractivity contribution in [3.8, 4) is 10.6 Å². The fraction of sp³-hybridized carbons (Fsp3) is 0.400. The highest BCUT2D eigenvalue weighted by atomic mass is 32.1. The Morgan fingerprint density at radius 1 is 1.24 bits per heavy atom. The van der Waals surface area contributed by atoms with E-state index in [4.69, 9.17) is 4.42 Å². The Kier molecular flexibility index (Phi) is 7.23. The highest BCUT2D eigenvalue weighted by molar-refractivity contribution is 7.17. The van der Waals surface area contributed by atoms with E-state index in [1.54, 1.807) is 18.4 Å². The molecule has 0 saturated carbocycles. The fourth-order valence-corrected chi connectivity index (χ4v) is 5.24. The zero-order valence-corrected chi connectivity index (χ0v) is 19.7. The third kappa shape index (κ3) is 5.50. The van der Waals surface area contributed by atoms with Crippen LogP contribution in [0.15, 0.2) is 47.1 Å². The first kappa shape index (κ1) is 23.2. The molecule has 3 aromatic rings. The van der Waals surface area contributed by atoms with Gasteiger partial charge in [0.2, 0.25) is 5.91 Å². The number of likely N-dealkylation sites (tertiary alicyclic amines) is 1. The predicted octanol–water partition coefficient (Wildman–Crippen LogP) is 4.70. The van der Waals surface area contributed by atoms with Gasteiger partial charge in [-0.15, -0.1) is 11.3 Å². The van der Waals surface area contributed by atoms with Crippen LogP contribution in [0, 0.1) is 24.6 Å². The van der Waals surface area contributed by atoms with E-state index in [0.717, 1.165) is 24.2 Å². The van der Waals surface area contributed by atoms with Crippen LogP contribution in [0.25, 0.3) is 10.6 Å². The molecule has 33 heavy (non-hydrogen) atoms. The zero-order chi connectivity index (χ0) is 23.4. The van der Waals surface area contributed by atoms with Gasteiger partial charge in [-0.2, -0.15) is 0 Å². The number of nitrogens with zero attached hydrogens (tertiary/aromatic N) is 2. The average Bonchev–Trinajstić information content (AvgIpc) is 3.48. The lowest BCUT2D eigenvalue weighted by Crippen LogP contribution is -2.43. The Hall–Kier alpha value is -3.00. The Morgan fingerprint density at radius 3 is 2.64 bits per heavy atom. The average molecular weight is 470 g/mol. The summed E-state index contributed by atoms with van der Waals surface area (Å²) in [6, 6.07) is 9.88. The zero-order valence-electron chi connectivity index (χ0n) is 18.8. The number of carbonyl (C=O) groups is 2. The first-order valence-electron chi connectivity index (χ1n) is 11.2. The van der Waals surface area contributed by atoms with Gasteiger partial charge in [-0.25, -0.2) is 9.37 Å². The third-order valence-corrected chi connectivity index (χ3v) is 7.47. The van der Waals surface area contributed by atoms with Crippen molar-refractivity contribution < 1.29 is 18.4 Å². The van der Waals surface area contributed by atoms with E-state index in [1.807, 2.05) is 30.9 Å². The van der Waals surface area contributed by atoms with Gasteiger partial charge in [-0.3, -0.25) is 9.59 Å². The van der Waals surface area contributed by atoms with Crippen LogP contribution < -0.4 is 5.32 Å². The summed E-state index contributed by atoms with van der Waals surface area (Å²) in [5.41, 5.74) is 1.49. The van der Waals surface area contributed by atoms with E-state index < -0.39 is 0 Å². The summed E-state index contributed by atoms with van der Waals surface area (Å²) in [5, 5.41) is 3.71. The summed E-state index contributed by atoms with van der Waals surface area (Å²) in [5.74, 6) is 0.729. The molecule has 0 radical (unpaired) electrons. The summed E-state index contributed by atoms with van der Waals surface area (Å²) in [4.78, 5) is 32.7. The molecule has 8 heteroatoms. The normalized spacial score (nSPS) is 15.4. The van der Waals surface area contributed by atoms with Crippen molar-refractivity contribution in [2.24, 2.45) is 11.8 Å². The smallest absolute Gasteiger partial charge is 0.265 e. The molecule has 1 saturated heterocycles. The molecule has 1 aromatic carbocycles. The molecular formula is C25H28FN3O3S. The molecule has 6 nitrogen and oxygen atoms in total. The van der Waals surface area contributed by atoms with Gasteiger partial charge in [-0.05, 0) is 62.1 Å². The van der Waals surface area contributed by atoms with Crippen molar-refractivity contribution >= 4 is 23.2 Å². The van der Waals surface area contributed by atoms with Gasteiger partial charge in [0.25, 0.3) is 5.91 Å². The Bertz CT molecular complexity index is 1090. The van der Waals surface area contributed by atoms with Crippen molar-refractivity contribution in [1.29, 1.82) is 0 Å². The number of carbonyl (C=O) groups excluding carboxylic acids is 2. The number of aromatic nitrogens is 1. The number of aryl methyl sites for hydroxylation is 1. The monoisotopic (exact) mass is 469 g/mol. The van der Waals surface area contributed by atoms with E-state index in [0.29, 0.717) is 41.6 Å². The minimum Gasteiger partial charge on any atom is -0.469 e. The molecule has 0 spiro atoms. The van der Waals surface area contributed by atoms with Crippen molar-refractivity contribution in [3.63, 3.8) is 0 Å². The summed E-state index contributed by atoms with van der Waals surface area (Å²) in [7, 11) is 0. The lowest BCUT2D eigenvalue weighted by molar-refractivity contribution is -0.126. The largest absolute Gasteiger partial charge is 0.469 e. The standard InChI is InChI=1S/C25H28FN3O3S/c1-16(23(30)27-12-9-21-4-3-15-32-21)18-10-13-29(14-11-18)25(31)22-17(2)28-24(33-22)19-5-7-20(26)8-6-19/h3-8,15-16,18H,9-14H2,1-2H3,(H,27,30)/t16-/m1/s1. The van der Waals surface area contributed by atoms with Gasteiger partial charge in [0.05, 0.1) is 12.0 Å². The van der Waals surface area contributed by atoms with Gasteiger partial charge < -0.3 is 14.6 Å². The maximum Gasteiger partial charge on any atom is 0.265 e. The summed E-state index contributed by atoms with van der Waals surface area (Å²) in [6.45, 7) is 5.59. The maximum atomic E-state index is 13.2. The van der Waals surface area contributed by atoms with Crippen LogP contribution in [0.2, 0.25) is 0 Å². The van der Waals surface area contributed by atoms with E-state index in [1.165, 1.54) is 23.5 Å². The van der Waals surface area contributed by atoms with E-state index >= 15 is 0 Å². The second kappa shape index (κ2) is 10.3. The van der Waals surface area contributed by atoms with E-state index in [-0.39, 0.29) is 29.5 Å². The van der Waals surface area contributed by atoms with Crippen LogP contribution in [0.3, 0.4) is 0 Å². The summed E-state index contributed by atoms with van der Waals surface area (Å²) < 4.78 is 18.5. The number of halogens is 1. The van der Waals surface area contributed by atoms with Gasteiger partial charge >= 0.3 is 0 Å². The summed E-state index contributed by atoms with van der Waals surface area (Å²) in [6.07, 6.45) is 3.89. The maximum absolute atomic E-state index is 13.2. The Morgan fingerprint density at radius 2 is 1.97 bits per heavy atom. The minimum atomic E-state index is -0.299. The van der Waals surface area contributed by atoms with Crippen LogP contribution in [0.1, 0.15) is 40.9 Å². The second-order valence-electron chi connectivity index (χ2n) is 8.48. The van der Waals surface area contributed by atoms with Crippen molar-refractivity contribution in [2.75, 3.05) is 19.6 Å². The minimum absolute atomic E-state index is 0.0210. The van der Waals surface area contributed by atoms with Crippen LogP contribution in [0.5, 0.6) is 0 Å². The van der Waals surface area contributed by atoms with E-state index in [2.05, 4.69) is 10.3 Å². The first-order valence-corrected chi connectivity index (χ1v) is 12.1. The SMILES string of the molecule is Cc1nc(-c2ccc(F)cc2)sc1C(=O)N1CCC([C@@H](C)C(=O)NCCc2ccco2)CC1. The van der Waals surface area contributed by atoms with E-state index in [9.17, 15) is 14.0 Å². The number of furan rings is 1. The lowest BCUT2D eigenvalue weighted by atomic mass is 9.84. The Balaban J connectivity index is 1.29. The molecule has 3 heterocycles. The molecule has 174 valence electrons. The number of rotatable bonds is 7. The molecule has 0 unspecified atom stereocenters. The molecule has 4 rings (SSSR count). The van der Waals surface area contributed by atoms with Crippen LogP contribution in [-0.4, -0.2) is 41.3 Å². The number of amides is 2. The second-order valence-corrected chi connectivity index (χ2v) is 9.48. The highest BCUT2D eigenvalue weighted by Gasteiger charge is 2.31.